The minimum atomic E-state index is 0.534. The first kappa shape index (κ1) is 14.5. The van der Waals surface area contributed by atoms with Gasteiger partial charge >= 0.3 is 0 Å². The number of pyridine rings is 1. The third-order valence-electron chi connectivity index (χ3n) is 2.62. The number of aryl methyl sites for hydroxylation is 1. The molecular formula is C13H17N5OS. The molecule has 0 unspecified atom stereocenters. The lowest BCUT2D eigenvalue weighted by Gasteiger charge is -2.08. The molecule has 2 rings (SSSR count). The minimum absolute atomic E-state index is 0.534. The van der Waals surface area contributed by atoms with Crippen LogP contribution in [0.4, 0.5) is 5.82 Å². The van der Waals surface area contributed by atoms with Crippen molar-refractivity contribution < 1.29 is 4.74 Å². The third-order valence-corrected chi connectivity index (χ3v) is 3.17. The van der Waals surface area contributed by atoms with E-state index in [1.165, 1.54) is 17.3 Å². The molecule has 0 aromatic carbocycles. The summed E-state index contributed by atoms with van der Waals surface area (Å²) in [4.78, 5) is 12.4. The molecule has 0 fully saturated rings. The molecular weight excluding hydrogens is 274 g/mol. The highest BCUT2D eigenvalue weighted by Crippen LogP contribution is 2.18. The Morgan fingerprint density at radius 2 is 2.10 bits per heavy atom. The number of aromatic nitrogens is 3. The Morgan fingerprint density at radius 3 is 2.80 bits per heavy atom. The number of nitrogens with two attached hydrogens (primary N) is 1. The maximum absolute atomic E-state index is 5.64. The monoisotopic (exact) mass is 291 g/mol. The van der Waals surface area contributed by atoms with Crippen LogP contribution in [-0.2, 0) is 6.42 Å². The van der Waals surface area contributed by atoms with Crippen LogP contribution in [0.1, 0.15) is 12.0 Å². The summed E-state index contributed by atoms with van der Waals surface area (Å²) in [5, 5.41) is 0.629. The number of ether oxygens (including phenoxy) is 1. The fourth-order valence-electron chi connectivity index (χ4n) is 1.65. The molecule has 0 aliphatic heterocycles. The molecule has 2 aromatic rings. The van der Waals surface area contributed by atoms with Crippen LogP contribution < -0.4 is 16.0 Å². The quantitative estimate of drug-likeness (QED) is 0.265. The standard InChI is InChI=1S/C13H17N5OS/c1-20-13-16-11(18-14)9-12(17-13)19-8-2-3-10-4-6-15-7-5-10/h4-7,9H,2-3,8,14H2,1H3,(H,16,17,18). The van der Waals surface area contributed by atoms with Crippen LogP contribution >= 0.6 is 11.8 Å². The van der Waals surface area contributed by atoms with E-state index >= 15 is 0 Å². The number of hydrazine groups is 1. The van der Waals surface area contributed by atoms with E-state index in [4.69, 9.17) is 10.6 Å². The number of nitrogens with one attached hydrogen (secondary N) is 1. The summed E-state index contributed by atoms with van der Waals surface area (Å²) < 4.78 is 5.64. The van der Waals surface area contributed by atoms with E-state index in [0.29, 0.717) is 23.5 Å². The first-order valence-electron chi connectivity index (χ1n) is 6.23. The predicted molar refractivity (Wildman–Crippen MR) is 79.7 cm³/mol. The van der Waals surface area contributed by atoms with Crippen molar-refractivity contribution in [1.82, 2.24) is 15.0 Å². The van der Waals surface area contributed by atoms with E-state index in [0.717, 1.165) is 12.8 Å². The summed E-state index contributed by atoms with van der Waals surface area (Å²) in [6.07, 6.45) is 7.36. The Kier molecular flexibility index (Phi) is 5.57. The molecule has 0 saturated heterocycles. The normalized spacial score (nSPS) is 10.3. The van der Waals surface area contributed by atoms with Gasteiger partial charge in [0.1, 0.15) is 5.82 Å². The zero-order chi connectivity index (χ0) is 14.2. The first-order chi connectivity index (χ1) is 9.81. The number of rotatable bonds is 7. The number of hydrogen-bond acceptors (Lipinski definition) is 7. The van der Waals surface area contributed by atoms with Gasteiger partial charge in [-0.05, 0) is 36.8 Å². The lowest BCUT2D eigenvalue weighted by molar-refractivity contribution is 0.296. The van der Waals surface area contributed by atoms with E-state index in [1.807, 2.05) is 18.4 Å². The van der Waals surface area contributed by atoms with E-state index < -0.39 is 0 Å². The van der Waals surface area contributed by atoms with E-state index in [1.54, 1.807) is 18.5 Å². The second-order valence-electron chi connectivity index (χ2n) is 4.03. The molecule has 20 heavy (non-hydrogen) atoms. The van der Waals surface area contributed by atoms with Gasteiger partial charge in [-0.1, -0.05) is 11.8 Å². The SMILES string of the molecule is CSc1nc(NN)cc(OCCCc2ccncc2)n1. The van der Waals surface area contributed by atoms with Gasteiger partial charge in [0.05, 0.1) is 6.61 Å². The lowest BCUT2D eigenvalue weighted by Crippen LogP contribution is -2.10. The van der Waals surface area contributed by atoms with E-state index in [2.05, 4.69) is 20.4 Å². The highest BCUT2D eigenvalue weighted by Gasteiger charge is 2.04. The zero-order valence-electron chi connectivity index (χ0n) is 11.2. The van der Waals surface area contributed by atoms with Crippen molar-refractivity contribution in [2.75, 3.05) is 18.3 Å². The predicted octanol–water partition coefficient (Wildman–Crippen LogP) is 1.89. The Balaban J connectivity index is 1.84. The fraction of sp³-hybridized carbons (Fsp3) is 0.308. The van der Waals surface area contributed by atoms with Crippen molar-refractivity contribution in [2.45, 2.75) is 18.0 Å². The second-order valence-corrected chi connectivity index (χ2v) is 4.80. The van der Waals surface area contributed by atoms with Crippen molar-refractivity contribution in [1.29, 1.82) is 0 Å². The smallest absolute Gasteiger partial charge is 0.219 e. The van der Waals surface area contributed by atoms with E-state index in [9.17, 15) is 0 Å². The molecule has 0 aliphatic rings. The maximum Gasteiger partial charge on any atom is 0.219 e. The van der Waals surface area contributed by atoms with Crippen LogP contribution in [0, 0.1) is 0 Å². The van der Waals surface area contributed by atoms with Crippen molar-refractivity contribution in [3.63, 3.8) is 0 Å². The molecule has 0 radical (unpaired) electrons. The molecule has 7 heteroatoms. The second kappa shape index (κ2) is 7.66. The molecule has 3 N–H and O–H groups in total. The molecule has 0 bridgehead atoms. The Morgan fingerprint density at radius 1 is 1.30 bits per heavy atom. The Bertz CT molecular complexity index is 515. The third kappa shape index (κ3) is 4.36. The summed E-state index contributed by atoms with van der Waals surface area (Å²) >= 11 is 1.44. The van der Waals surface area contributed by atoms with Gasteiger partial charge < -0.3 is 10.2 Å². The number of nitrogens with zero attached hydrogens (tertiary/aromatic N) is 3. The van der Waals surface area contributed by atoms with Gasteiger partial charge in [0.15, 0.2) is 5.16 Å². The van der Waals surface area contributed by atoms with Crippen molar-refractivity contribution in [2.24, 2.45) is 5.84 Å². The molecule has 0 amide bonds. The van der Waals surface area contributed by atoms with Gasteiger partial charge in [-0.3, -0.25) is 4.98 Å². The first-order valence-corrected chi connectivity index (χ1v) is 7.45. The van der Waals surface area contributed by atoms with Crippen molar-refractivity contribution in [3.8, 4) is 5.88 Å². The average molecular weight is 291 g/mol. The number of nitrogen functional groups attached to an aromatic ring is 1. The Hall–Kier alpha value is -1.86. The van der Waals surface area contributed by atoms with E-state index in [-0.39, 0.29) is 0 Å². The van der Waals surface area contributed by atoms with Gasteiger partial charge in [0.25, 0.3) is 0 Å². The molecule has 0 atom stereocenters. The summed E-state index contributed by atoms with van der Waals surface area (Å²) in [6, 6.07) is 5.70. The summed E-state index contributed by atoms with van der Waals surface area (Å²) in [5.41, 5.74) is 3.76. The zero-order valence-corrected chi connectivity index (χ0v) is 12.1. The minimum Gasteiger partial charge on any atom is -0.477 e. The number of hydrogen-bond donors (Lipinski definition) is 2. The van der Waals surface area contributed by atoms with Crippen LogP contribution in [0.25, 0.3) is 0 Å². The molecule has 2 aromatic heterocycles. The van der Waals surface area contributed by atoms with Gasteiger partial charge in [-0.15, -0.1) is 0 Å². The largest absolute Gasteiger partial charge is 0.477 e. The summed E-state index contributed by atoms with van der Waals surface area (Å²) in [7, 11) is 0. The molecule has 2 heterocycles. The summed E-state index contributed by atoms with van der Waals surface area (Å²) in [6.45, 7) is 0.594. The molecule has 0 aliphatic carbocycles. The van der Waals surface area contributed by atoms with Gasteiger partial charge in [0, 0.05) is 18.5 Å². The van der Waals surface area contributed by atoms with Crippen molar-refractivity contribution in [3.05, 3.63) is 36.2 Å². The van der Waals surface area contributed by atoms with Crippen molar-refractivity contribution >= 4 is 17.6 Å². The fourth-order valence-corrected chi connectivity index (χ4v) is 2.02. The van der Waals surface area contributed by atoms with Gasteiger partial charge in [-0.25, -0.2) is 10.8 Å². The highest BCUT2D eigenvalue weighted by atomic mass is 32.2. The van der Waals surface area contributed by atoms with Gasteiger partial charge in [-0.2, -0.15) is 4.98 Å². The molecule has 106 valence electrons. The number of anilines is 1. The Labute approximate surface area is 122 Å². The van der Waals surface area contributed by atoms with Crippen LogP contribution in [0.2, 0.25) is 0 Å². The van der Waals surface area contributed by atoms with Crippen LogP contribution in [0.3, 0.4) is 0 Å². The highest BCUT2D eigenvalue weighted by molar-refractivity contribution is 7.98. The van der Waals surface area contributed by atoms with Crippen LogP contribution in [-0.4, -0.2) is 27.8 Å². The average Bonchev–Trinajstić information content (AvgIpc) is 2.52. The molecule has 6 nitrogen and oxygen atoms in total. The van der Waals surface area contributed by atoms with Gasteiger partial charge in [0.2, 0.25) is 5.88 Å². The molecule has 0 saturated carbocycles. The molecule has 0 spiro atoms. The van der Waals surface area contributed by atoms with Crippen LogP contribution in [0.5, 0.6) is 5.88 Å². The van der Waals surface area contributed by atoms with Crippen LogP contribution in [0.15, 0.2) is 35.7 Å². The number of thioether (sulfide) groups is 1. The topological polar surface area (TPSA) is 86.0 Å². The summed E-state index contributed by atoms with van der Waals surface area (Å²) in [5.74, 6) is 6.45. The lowest BCUT2D eigenvalue weighted by atomic mass is 10.1. The maximum atomic E-state index is 5.64.